The van der Waals surface area contributed by atoms with Crippen molar-refractivity contribution >= 4 is 29.8 Å². The first-order valence-electron chi connectivity index (χ1n) is 19.5. The van der Waals surface area contributed by atoms with E-state index in [0.717, 1.165) is 50.5 Å². The predicted molar refractivity (Wildman–Crippen MR) is 193 cm³/mol. The molecule has 5 fully saturated rings. The van der Waals surface area contributed by atoms with E-state index >= 15 is 0 Å². The zero-order valence-electron chi connectivity index (χ0n) is 31.1. The number of ether oxygens (including phenoxy) is 5. The fraction of sp³-hybridized carbons (Fsp3) is 0.659. The van der Waals surface area contributed by atoms with Gasteiger partial charge in [0.2, 0.25) is 11.8 Å². The Morgan fingerprint density at radius 1 is 1.00 bits per heavy atom. The smallest absolute Gasteiger partial charge is 0.339 e. The summed E-state index contributed by atoms with van der Waals surface area (Å²) >= 11 is 0. The van der Waals surface area contributed by atoms with Crippen LogP contribution in [0.15, 0.2) is 42.0 Å². The van der Waals surface area contributed by atoms with Crippen LogP contribution in [0.3, 0.4) is 0 Å². The number of carbonyl (C=O) groups excluding carboxylic acids is 4. The Hall–Kier alpha value is -3.58. The van der Waals surface area contributed by atoms with Crippen LogP contribution in [0.5, 0.6) is 0 Å². The highest BCUT2D eigenvalue weighted by Gasteiger charge is 2.64. The molecular formula is C41H54N2O10. The van der Waals surface area contributed by atoms with Gasteiger partial charge in [-0.2, -0.15) is 0 Å². The Kier molecular flexibility index (Phi) is 11.1. The number of esters is 2. The lowest BCUT2D eigenvalue weighted by Crippen LogP contribution is -2.44. The molecule has 0 spiro atoms. The molecule has 4 aliphatic carbocycles. The fourth-order valence-corrected chi connectivity index (χ4v) is 8.04. The van der Waals surface area contributed by atoms with Gasteiger partial charge in [0.25, 0.3) is 0 Å². The van der Waals surface area contributed by atoms with Gasteiger partial charge in [-0.25, -0.2) is 4.79 Å². The van der Waals surface area contributed by atoms with Gasteiger partial charge >= 0.3 is 11.9 Å². The molecule has 12 nitrogen and oxygen atoms in total. The van der Waals surface area contributed by atoms with Gasteiger partial charge < -0.3 is 39.4 Å². The summed E-state index contributed by atoms with van der Waals surface area (Å²) in [5, 5.41) is 15.3. The number of fused-ring (bicyclic) bond motifs is 2. The Morgan fingerprint density at radius 2 is 1.75 bits per heavy atom. The fourth-order valence-electron chi connectivity index (χ4n) is 8.04. The molecule has 6 aliphatic rings. The highest BCUT2D eigenvalue weighted by molar-refractivity contribution is 5.95. The molecule has 1 aromatic rings. The predicted octanol–water partition coefficient (Wildman–Crippen LogP) is 4.53. The Balaban J connectivity index is 0.978. The van der Waals surface area contributed by atoms with Crippen molar-refractivity contribution < 1.29 is 48.0 Å². The molecule has 7 atom stereocenters. The number of aliphatic hydroxyl groups is 1. The van der Waals surface area contributed by atoms with Crippen molar-refractivity contribution in [3.05, 3.63) is 53.1 Å². The normalized spacial score (nSPS) is 29.3. The maximum absolute atomic E-state index is 13.9. The van der Waals surface area contributed by atoms with Crippen LogP contribution in [0, 0.1) is 17.8 Å². The minimum Gasteiger partial charge on any atom is -0.460 e. The van der Waals surface area contributed by atoms with Crippen LogP contribution in [0.4, 0.5) is 0 Å². The van der Waals surface area contributed by atoms with E-state index in [0.29, 0.717) is 29.3 Å². The van der Waals surface area contributed by atoms with E-state index in [1.54, 1.807) is 32.9 Å². The number of epoxide rings is 1. The van der Waals surface area contributed by atoms with Crippen LogP contribution in [-0.2, 0) is 38.1 Å². The highest BCUT2D eigenvalue weighted by Crippen LogP contribution is 2.59. The second-order valence-corrected chi connectivity index (χ2v) is 16.6. The lowest BCUT2D eigenvalue weighted by molar-refractivity contribution is -0.209. The Bertz CT molecular complexity index is 1600. The number of amides is 2. The number of carbonyl (C=O) groups is 4. The lowest BCUT2D eigenvalue weighted by atomic mass is 9.88. The SMILES string of the molecule is CC(C)(C)OC(=O)CCC(CO)NC(=O)CCNC(=O)C1=CC2OC(C3CC3)(C3CC3)OC2C(OC(=O)c2ccccc2C=CC2CCC3OC3C2)C1. The molecule has 2 aliphatic heterocycles. The van der Waals surface area contributed by atoms with Crippen LogP contribution in [-0.4, -0.2) is 90.0 Å². The van der Waals surface area contributed by atoms with E-state index in [2.05, 4.69) is 16.7 Å². The van der Waals surface area contributed by atoms with Crippen molar-refractivity contribution in [2.75, 3.05) is 13.2 Å². The van der Waals surface area contributed by atoms with Crippen molar-refractivity contribution in [2.24, 2.45) is 17.8 Å². The minimum atomic E-state index is -0.754. The van der Waals surface area contributed by atoms with Gasteiger partial charge in [0, 0.05) is 43.2 Å². The van der Waals surface area contributed by atoms with E-state index in [-0.39, 0.29) is 62.5 Å². The van der Waals surface area contributed by atoms with Crippen molar-refractivity contribution in [1.29, 1.82) is 0 Å². The van der Waals surface area contributed by atoms with E-state index in [9.17, 15) is 24.3 Å². The first kappa shape index (κ1) is 37.7. The third-order valence-electron chi connectivity index (χ3n) is 11.1. The second kappa shape index (κ2) is 15.6. The van der Waals surface area contributed by atoms with E-state index < -0.39 is 47.7 Å². The zero-order chi connectivity index (χ0) is 37.3. The van der Waals surface area contributed by atoms with Gasteiger partial charge in [-0.05, 0) is 95.8 Å². The van der Waals surface area contributed by atoms with Crippen molar-refractivity contribution in [3.63, 3.8) is 0 Å². The molecule has 53 heavy (non-hydrogen) atoms. The standard InChI is InChI=1S/C41H54N2O10/c1-40(2,3)52-36(46)17-15-29(23-44)43-35(45)18-19-42-38(47)26-21-33(37-34(22-26)51-41(53-37,27-11-12-27)28-13-14-28)50-39(48)30-7-5-4-6-25(30)10-8-24-9-16-31-32(20-24)49-31/h4-8,10,22,24,27-29,31-34,37,44H,9,11-21,23H2,1-3H3,(H,42,47)(H,43,45). The molecule has 7 rings (SSSR count). The number of hydrogen-bond acceptors (Lipinski definition) is 10. The third kappa shape index (κ3) is 9.39. The van der Waals surface area contributed by atoms with Gasteiger partial charge in [0.05, 0.1) is 30.4 Å². The number of aliphatic hydroxyl groups excluding tert-OH is 1. The van der Waals surface area contributed by atoms with Gasteiger partial charge in [-0.3, -0.25) is 14.4 Å². The quantitative estimate of drug-likeness (QED) is 0.173. The van der Waals surface area contributed by atoms with E-state index in [4.69, 9.17) is 23.7 Å². The molecule has 0 aromatic heterocycles. The highest BCUT2D eigenvalue weighted by atomic mass is 16.8. The molecule has 0 radical (unpaired) electrons. The van der Waals surface area contributed by atoms with Crippen molar-refractivity contribution in [3.8, 4) is 0 Å². The summed E-state index contributed by atoms with van der Waals surface area (Å²) < 4.78 is 30.7. The second-order valence-electron chi connectivity index (χ2n) is 16.6. The maximum atomic E-state index is 13.9. The van der Waals surface area contributed by atoms with Gasteiger partial charge in [0.15, 0.2) is 5.79 Å². The van der Waals surface area contributed by atoms with Crippen LogP contribution in [0.2, 0.25) is 0 Å². The summed E-state index contributed by atoms with van der Waals surface area (Å²) in [4.78, 5) is 52.2. The van der Waals surface area contributed by atoms with Gasteiger partial charge in [-0.15, -0.1) is 0 Å². The maximum Gasteiger partial charge on any atom is 0.339 e. The average molecular weight is 735 g/mol. The largest absolute Gasteiger partial charge is 0.460 e. The number of hydrogen-bond donors (Lipinski definition) is 3. The van der Waals surface area contributed by atoms with Crippen LogP contribution in [0.25, 0.3) is 6.08 Å². The van der Waals surface area contributed by atoms with Gasteiger partial charge in [0.1, 0.15) is 23.9 Å². The van der Waals surface area contributed by atoms with E-state index in [1.807, 2.05) is 24.3 Å². The molecule has 1 aromatic carbocycles. The van der Waals surface area contributed by atoms with Crippen molar-refractivity contribution in [2.45, 2.75) is 139 Å². The molecule has 2 heterocycles. The molecular weight excluding hydrogens is 680 g/mol. The molecule has 0 bridgehead atoms. The molecule has 3 N–H and O–H groups in total. The molecule has 12 heteroatoms. The Labute approximate surface area is 311 Å². The molecule has 2 saturated heterocycles. The summed E-state index contributed by atoms with van der Waals surface area (Å²) in [6, 6.07) is 6.78. The topological polar surface area (TPSA) is 162 Å². The van der Waals surface area contributed by atoms with E-state index in [1.165, 1.54) is 0 Å². The lowest BCUT2D eigenvalue weighted by Gasteiger charge is -2.31. The number of nitrogens with one attached hydrogen (secondary N) is 2. The first-order valence-corrected chi connectivity index (χ1v) is 19.5. The monoisotopic (exact) mass is 734 g/mol. The minimum absolute atomic E-state index is 0.0298. The molecule has 288 valence electrons. The number of allylic oxidation sites excluding steroid dienone is 1. The third-order valence-corrected chi connectivity index (χ3v) is 11.1. The number of benzene rings is 1. The summed E-state index contributed by atoms with van der Waals surface area (Å²) in [5.41, 5.74) is 1.01. The first-order chi connectivity index (χ1) is 25.4. The summed E-state index contributed by atoms with van der Waals surface area (Å²) in [6.45, 7) is 5.04. The summed E-state index contributed by atoms with van der Waals surface area (Å²) in [6.07, 6.45) is 12.5. The molecule has 7 unspecified atom stereocenters. The summed E-state index contributed by atoms with van der Waals surface area (Å²) in [5.74, 6) is -1.38. The van der Waals surface area contributed by atoms with Gasteiger partial charge in [-0.1, -0.05) is 30.4 Å². The van der Waals surface area contributed by atoms with Crippen molar-refractivity contribution in [1.82, 2.24) is 10.6 Å². The molecule has 3 saturated carbocycles. The average Bonchev–Trinajstić information content (AvgIpc) is 3.98. The van der Waals surface area contributed by atoms with Crippen LogP contribution >= 0.6 is 0 Å². The van der Waals surface area contributed by atoms with Crippen LogP contribution < -0.4 is 10.6 Å². The Morgan fingerprint density at radius 3 is 2.45 bits per heavy atom. The molecule has 2 amide bonds. The number of rotatable bonds is 15. The van der Waals surface area contributed by atoms with Crippen LogP contribution in [0.1, 0.15) is 107 Å². The summed E-state index contributed by atoms with van der Waals surface area (Å²) in [7, 11) is 0. The zero-order valence-corrected chi connectivity index (χ0v) is 31.1.